The minimum Gasteiger partial charge on any atom is -0.476 e. The van der Waals surface area contributed by atoms with E-state index >= 15 is 0 Å². The highest BCUT2D eigenvalue weighted by Crippen LogP contribution is 2.31. The van der Waals surface area contributed by atoms with Gasteiger partial charge in [0.25, 0.3) is 0 Å². The van der Waals surface area contributed by atoms with Crippen LogP contribution in [0.15, 0.2) is 48.8 Å². The van der Waals surface area contributed by atoms with Gasteiger partial charge in [0, 0.05) is 12.1 Å². The molecular formula is C20H25N5O2. The van der Waals surface area contributed by atoms with E-state index in [0.29, 0.717) is 35.2 Å². The molecule has 2 heterocycles. The van der Waals surface area contributed by atoms with Crippen LogP contribution in [0.3, 0.4) is 0 Å². The molecule has 0 spiro atoms. The summed E-state index contributed by atoms with van der Waals surface area (Å²) < 4.78 is 5.53. The predicted octanol–water partition coefficient (Wildman–Crippen LogP) is 3.64. The van der Waals surface area contributed by atoms with Crippen molar-refractivity contribution in [1.82, 2.24) is 20.5 Å². The van der Waals surface area contributed by atoms with Gasteiger partial charge in [0.1, 0.15) is 5.82 Å². The normalized spacial score (nSPS) is 13.2. The van der Waals surface area contributed by atoms with Crippen LogP contribution in [0.1, 0.15) is 44.2 Å². The fraction of sp³-hybridized carbons (Fsp3) is 0.300. The van der Waals surface area contributed by atoms with Crippen LogP contribution in [-0.2, 0) is 0 Å². The first-order valence-electron chi connectivity index (χ1n) is 8.96. The highest BCUT2D eigenvalue weighted by atomic mass is 16.5. The van der Waals surface area contributed by atoms with E-state index < -0.39 is 6.10 Å². The lowest BCUT2D eigenvalue weighted by molar-refractivity contribution is 0.196. The molecule has 1 unspecified atom stereocenters. The van der Waals surface area contributed by atoms with Crippen molar-refractivity contribution in [2.75, 3.05) is 11.9 Å². The number of aliphatic hydroxyl groups is 1. The van der Waals surface area contributed by atoms with Gasteiger partial charge in [-0.3, -0.25) is 5.10 Å². The third kappa shape index (κ3) is 4.20. The molecule has 7 heteroatoms. The maximum atomic E-state index is 10.2. The zero-order valence-electron chi connectivity index (χ0n) is 15.8. The monoisotopic (exact) mass is 367 g/mol. The number of ether oxygens (including phenoxy) is 1. The summed E-state index contributed by atoms with van der Waals surface area (Å²) in [5, 5.41) is 24.4. The standard InChI is InChI=1S/C20H25N5O2/c1-5-27-20-18-16(24-25-20)11-17(23-19(18)13(3)26)22-14(4)21-12(2)15-9-7-6-8-10-15/h6-13,21,26H,4-5H2,1-3H3,(H,22,23)(H,24,25)/t12?,13-/m0/s1. The van der Waals surface area contributed by atoms with Crippen molar-refractivity contribution in [2.45, 2.75) is 32.9 Å². The van der Waals surface area contributed by atoms with Gasteiger partial charge in [0.05, 0.1) is 35.1 Å². The number of nitrogens with one attached hydrogen (secondary N) is 3. The van der Waals surface area contributed by atoms with Crippen LogP contribution in [0, 0.1) is 0 Å². The van der Waals surface area contributed by atoms with E-state index in [1.165, 1.54) is 0 Å². The third-order valence-corrected chi connectivity index (χ3v) is 4.19. The molecule has 2 atom stereocenters. The van der Waals surface area contributed by atoms with Crippen LogP contribution in [0.5, 0.6) is 5.88 Å². The van der Waals surface area contributed by atoms with E-state index in [1.807, 2.05) is 31.2 Å². The number of H-pyrrole nitrogens is 1. The topological polar surface area (TPSA) is 95.1 Å². The van der Waals surface area contributed by atoms with E-state index in [0.717, 1.165) is 11.1 Å². The van der Waals surface area contributed by atoms with Gasteiger partial charge in [0.2, 0.25) is 5.88 Å². The van der Waals surface area contributed by atoms with Crippen molar-refractivity contribution in [1.29, 1.82) is 0 Å². The average Bonchev–Trinajstić information content (AvgIpc) is 3.04. The second-order valence-electron chi connectivity index (χ2n) is 6.33. The Balaban J connectivity index is 1.81. The van der Waals surface area contributed by atoms with E-state index in [1.54, 1.807) is 6.92 Å². The maximum Gasteiger partial charge on any atom is 0.242 e. The Morgan fingerprint density at radius 3 is 2.70 bits per heavy atom. The van der Waals surface area contributed by atoms with Gasteiger partial charge in [-0.1, -0.05) is 36.9 Å². The highest BCUT2D eigenvalue weighted by Gasteiger charge is 2.18. The third-order valence-electron chi connectivity index (χ3n) is 4.19. The van der Waals surface area contributed by atoms with E-state index in [4.69, 9.17) is 4.74 Å². The molecule has 3 rings (SSSR count). The second-order valence-corrected chi connectivity index (χ2v) is 6.33. The number of aliphatic hydroxyl groups excluding tert-OH is 1. The summed E-state index contributed by atoms with van der Waals surface area (Å²) in [6, 6.07) is 12.0. The smallest absolute Gasteiger partial charge is 0.242 e. The van der Waals surface area contributed by atoms with Crippen LogP contribution in [0.4, 0.5) is 5.82 Å². The molecule has 27 heavy (non-hydrogen) atoms. The quantitative estimate of drug-likeness (QED) is 0.485. The number of pyridine rings is 1. The van der Waals surface area contributed by atoms with Gasteiger partial charge in [-0.2, -0.15) is 0 Å². The van der Waals surface area contributed by atoms with Crippen LogP contribution >= 0.6 is 0 Å². The molecule has 4 N–H and O–H groups in total. The SMILES string of the molecule is C=C(Nc1cc2[nH]nc(OCC)c2c([C@H](C)O)n1)NC(C)c1ccccc1. The Bertz CT molecular complexity index is 921. The summed E-state index contributed by atoms with van der Waals surface area (Å²) >= 11 is 0. The zero-order valence-corrected chi connectivity index (χ0v) is 15.8. The molecule has 1 aromatic carbocycles. The van der Waals surface area contributed by atoms with Crippen LogP contribution in [0.2, 0.25) is 0 Å². The van der Waals surface area contributed by atoms with Gasteiger partial charge < -0.3 is 20.5 Å². The van der Waals surface area contributed by atoms with Gasteiger partial charge in [-0.15, -0.1) is 5.10 Å². The molecule has 0 aliphatic carbocycles. The molecule has 0 fully saturated rings. The van der Waals surface area contributed by atoms with Gasteiger partial charge in [-0.05, 0) is 26.3 Å². The number of aromatic nitrogens is 3. The lowest BCUT2D eigenvalue weighted by Gasteiger charge is -2.19. The fourth-order valence-corrected chi connectivity index (χ4v) is 2.93. The number of aromatic amines is 1. The Labute approximate surface area is 158 Å². The molecule has 2 aromatic heterocycles. The molecule has 0 bridgehead atoms. The van der Waals surface area contributed by atoms with Crippen LogP contribution in [0.25, 0.3) is 10.9 Å². The Kier molecular flexibility index (Phi) is 5.61. The molecule has 0 aliphatic heterocycles. The molecule has 7 nitrogen and oxygen atoms in total. The zero-order chi connectivity index (χ0) is 19.4. The van der Waals surface area contributed by atoms with E-state index in [-0.39, 0.29) is 6.04 Å². The Morgan fingerprint density at radius 2 is 2.04 bits per heavy atom. The summed E-state index contributed by atoms with van der Waals surface area (Å²) in [4.78, 5) is 4.53. The number of hydrogen-bond donors (Lipinski definition) is 4. The van der Waals surface area contributed by atoms with E-state index in [2.05, 4.69) is 51.5 Å². The lowest BCUT2D eigenvalue weighted by Crippen LogP contribution is -2.22. The second kappa shape index (κ2) is 8.09. The first-order valence-corrected chi connectivity index (χ1v) is 8.96. The first-order chi connectivity index (χ1) is 13.0. The van der Waals surface area contributed by atoms with Crippen molar-refractivity contribution < 1.29 is 9.84 Å². The van der Waals surface area contributed by atoms with Crippen LogP contribution < -0.4 is 15.4 Å². The van der Waals surface area contributed by atoms with Crippen molar-refractivity contribution in [3.8, 4) is 5.88 Å². The maximum absolute atomic E-state index is 10.2. The molecule has 0 saturated heterocycles. The minimum atomic E-state index is -0.768. The highest BCUT2D eigenvalue weighted by molar-refractivity contribution is 5.88. The molecule has 0 saturated carbocycles. The summed E-state index contributed by atoms with van der Waals surface area (Å²) in [7, 11) is 0. The minimum absolute atomic E-state index is 0.0860. The molecule has 0 radical (unpaired) electrons. The summed E-state index contributed by atoms with van der Waals surface area (Å²) in [5.74, 6) is 1.61. The molecule has 0 aliphatic rings. The van der Waals surface area contributed by atoms with Crippen molar-refractivity contribution in [3.05, 3.63) is 60.1 Å². The van der Waals surface area contributed by atoms with Crippen molar-refractivity contribution in [2.24, 2.45) is 0 Å². The first kappa shape index (κ1) is 18.7. The van der Waals surface area contributed by atoms with Gasteiger partial charge in [0.15, 0.2) is 0 Å². The molecule has 0 amide bonds. The largest absolute Gasteiger partial charge is 0.476 e. The molecule has 3 aromatic rings. The summed E-state index contributed by atoms with van der Waals surface area (Å²) in [6.07, 6.45) is -0.768. The van der Waals surface area contributed by atoms with Crippen molar-refractivity contribution in [3.63, 3.8) is 0 Å². The average molecular weight is 367 g/mol. The predicted molar refractivity (Wildman–Crippen MR) is 106 cm³/mol. The summed E-state index contributed by atoms with van der Waals surface area (Å²) in [5.41, 5.74) is 2.38. The lowest BCUT2D eigenvalue weighted by atomic mass is 10.1. The Morgan fingerprint density at radius 1 is 1.30 bits per heavy atom. The van der Waals surface area contributed by atoms with Crippen LogP contribution in [-0.4, -0.2) is 26.9 Å². The summed E-state index contributed by atoms with van der Waals surface area (Å²) in [6.45, 7) is 10.1. The number of rotatable bonds is 8. The molecule has 142 valence electrons. The molecular weight excluding hydrogens is 342 g/mol. The number of hydrogen-bond acceptors (Lipinski definition) is 6. The number of fused-ring (bicyclic) bond motifs is 1. The van der Waals surface area contributed by atoms with Gasteiger partial charge in [-0.25, -0.2) is 4.98 Å². The number of nitrogens with zero attached hydrogens (tertiary/aromatic N) is 2. The van der Waals surface area contributed by atoms with Crippen molar-refractivity contribution >= 4 is 16.7 Å². The number of benzene rings is 1. The Hall–Kier alpha value is -3.06. The fourth-order valence-electron chi connectivity index (χ4n) is 2.93. The van der Waals surface area contributed by atoms with E-state index in [9.17, 15) is 5.11 Å². The number of anilines is 1. The van der Waals surface area contributed by atoms with Gasteiger partial charge >= 0.3 is 0 Å².